The Hall–Kier alpha value is -5.29. The summed E-state index contributed by atoms with van der Waals surface area (Å²) in [7, 11) is 2.68. The van der Waals surface area contributed by atoms with Gasteiger partial charge in [-0.1, -0.05) is 35.9 Å². The number of carbonyl (C=O) groups excluding carboxylic acids is 2. The zero-order valence-corrected chi connectivity index (χ0v) is 22.0. The molecule has 200 valence electrons. The van der Waals surface area contributed by atoms with Crippen molar-refractivity contribution in [1.29, 1.82) is 0 Å². The normalized spacial score (nSPS) is 10.7. The second kappa shape index (κ2) is 11.2. The summed E-state index contributed by atoms with van der Waals surface area (Å²) < 4.78 is 12.2. The van der Waals surface area contributed by atoms with Gasteiger partial charge in [0.25, 0.3) is 5.56 Å². The molecule has 2 aromatic carbocycles. The lowest BCUT2D eigenvalue weighted by Gasteiger charge is -2.05. The predicted molar refractivity (Wildman–Crippen MR) is 147 cm³/mol. The molecule has 6 aromatic rings. The summed E-state index contributed by atoms with van der Waals surface area (Å²) in [6, 6.07) is 20.4. The molecule has 4 heterocycles. The molecule has 0 radical (unpaired) electrons. The Balaban J connectivity index is 0.000000161. The molecule has 0 spiro atoms. The van der Waals surface area contributed by atoms with Gasteiger partial charge >= 0.3 is 11.9 Å². The lowest BCUT2D eigenvalue weighted by molar-refractivity contribution is 0.0592. The van der Waals surface area contributed by atoms with Gasteiger partial charge in [-0.15, -0.1) is 0 Å². The van der Waals surface area contributed by atoms with Crippen molar-refractivity contribution in [3.8, 4) is 22.5 Å². The smallest absolute Gasteiger partial charge is 0.337 e. The molecule has 0 bridgehead atoms. The number of ether oxygens (including phenoxy) is 2. The summed E-state index contributed by atoms with van der Waals surface area (Å²) in [6.07, 6.45) is 3.28. The van der Waals surface area contributed by atoms with Crippen molar-refractivity contribution >= 4 is 34.8 Å². The highest BCUT2D eigenvalue weighted by Crippen LogP contribution is 2.23. The number of H-pyrrole nitrogens is 1. The number of hydrogen-bond acceptors (Lipinski definition) is 8. The van der Waals surface area contributed by atoms with E-state index in [1.54, 1.807) is 83.6 Å². The van der Waals surface area contributed by atoms with Gasteiger partial charge in [0.05, 0.1) is 42.9 Å². The third-order valence-corrected chi connectivity index (χ3v) is 6.17. The van der Waals surface area contributed by atoms with Crippen LogP contribution in [0.5, 0.6) is 0 Å². The van der Waals surface area contributed by atoms with Crippen molar-refractivity contribution in [3.05, 3.63) is 112 Å². The fourth-order valence-electron chi connectivity index (χ4n) is 3.89. The van der Waals surface area contributed by atoms with Crippen LogP contribution in [-0.4, -0.2) is 55.4 Å². The zero-order valence-electron chi connectivity index (χ0n) is 21.2. The summed E-state index contributed by atoms with van der Waals surface area (Å²) in [5.41, 5.74) is 4.89. The van der Waals surface area contributed by atoms with E-state index in [-0.39, 0.29) is 11.5 Å². The van der Waals surface area contributed by atoms with Crippen molar-refractivity contribution in [3.63, 3.8) is 0 Å². The van der Waals surface area contributed by atoms with Crippen LogP contribution in [0.1, 0.15) is 20.7 Å². The summed E-state index contributed by atoms with van der Waals surface area (Å²) in [5, 5.41) is 7.32. The lowest BCUT2D eigenvalue weighted by atomic mass is 10.1. The van der Waals surface area contributed by atoms with Gasteiger partial charge in [-0.25, -0.2) is 28.6 Å². The maximum absolute atomic E-state index is 11.9. The molecule has 0 saturated heterocycles. The Labute approximate surface area is 231 Å². The molecular formula is C28H21ClN6O5. The molecule has 40 heavy (non-hydrogen) atoms. The number of esters is 2. The highest BCUT2D eigenvalue weighted by atomic mass is 35.5. The first-order valence-electron chi connectivity index (χ1n) is 11.8. The van der Waals surface area contributed by atoms with Gasteiger partial charge in [-0.05, 0) is 24.3 Å². The van der Waals surface area contributed by atoms with Gasteiger partial charge in [-0.3, -0.25) is 9.89 Å². The monoisotopic (exact) mass is 556 g/mol. The van der Waals surface area contributed by atoms with E-state index >= 15 is 0 Å². The van der Waals surface area contributed by atoms with Crippen LogP contribution < -0.4 is 5.56 Å². The van der Waals surface area contributed by atoms with Crippen LogP contribution in [0.4, 0.5) is 0 Å². The molecule has 0 unspecified atom stereocenters. The van der Waals surface area contributed by atoms with Crippen LogP contribution >= 0.6 is 11.6 Å². The molecule has 0 amide bonds. The van der Waals surface area contributed by atoms with Crippen molar-refractivity contribution in [2.24, 2.45) is 0 Å². The third kappa shape index (κ3) is 5.31. The van der Waals surface area contributed by atoms with Crippen LogP contribution in [0.3, 0.4) is 0 Å². The molecule has 12 heteroatoms. The van der Waals surface area contributed by atoms with Gasteiger partial charge in [0.15, 0.2) is 11.3 Å². The average molecular weight is 557 g/mol. The van der Waals surface area contributed by atoms with Gasteiger partial charge in [-0.2, -0.15) is 5.10 Å². The molecule has 0 aliphatic heterocycles. The number of aromatic nitrogens is 6. The highest BCUT2D eigenvalue weighted by molar-refractivity contribution is 6.30. The first kappa shape index (κ1) is 26.3. The maximum Gasteiger partial charge on any atom is 0.337 e. The molecule has 1 N–H and O–H groups in total. The second-order valence-corrected chi connectivity index (χ2v) is 8.73. The summed E-state index contributed by atoms with van der Waals surface area (Å²) in [5.74, 6) is -0.764. The minimum absolute atomic E-state index is 0.188. The van der Waals surface area contributed by atoms with E-state index < -0.39 is 5.97 Å². The number of halogens is 1. The minimum atomic E-state index is -0.398. The lowest BCUT2D eigenvalue weighted by Crippen LogP contribution is -2.14. The number of benzene rings is 2. The number of hydrogen-bond donors (Lipinski definition) is 1. The van der Waals surface area contributed by atoms with Gasteiger partial charge in [0, 0.05) is 41.6 Å². The Morgan fingerprint density at radius 2 is 1.32 bits per heavy atom. The Kier molecular flexibility index (Phi) is 7.38. The quantitative estimate of drug-likeness (QED) is 0.251. The van der Waals surface area contributed by atoms with Crippen LogP contribution in [0, 0.1) is 0 Å². The number of nitrogens with zero attached hydrogens (tertiary/aromatic N) is 5. The van der Waals surface area contributed by atoms with E-state index in [4.69, 9.17) is 11.6 Å². The Morgan fingerprint density at radius 3 is 1.90 bits per heavy atom. The molecule has 4 aromatic heterocycles. The van der Waals surface area contributed by atoms with Gasteiger partial charge < -0.3 is 9.47 Å². The number of fused-ring (bicyclic) bond motifs is 2. The van der Waals surface area contributed by atoms with Crippen LogP contribution in [-0.2, 0) is 9.47 Å². The van der Waals surface area contributed by atoms with Crippen LogP contribution in [0.25, 0.3) is 33.8 Å². The van der Waals surface area contributed by atoms with Crippen molar-refractivity contribution < 1.29 is 19.1 Å². The molecule has 11 nitrogen and oxygen atoms in total. The van der Waals surface area contributed by atoms with Gasteiger partial charge in [0.2, 0.25) is 0 Å². The highest BCUT2D eigenvalue weighted by Gasteiger charge is 2.10. The molecule has 0 aliphatic rings. The van der Waals surface area contributed by atoms with E-state index in [0.717, 1.165) is 16.8 Å². The van der Waals surface area contributed by atoms with E-state index in [0.29, 0.717) is 33.3 Å². The number of methoxy groups -OCH3 is 2. The number of carbonyl (C=O) groups is 2. The Bertz CT molecular complexity index is 1890. The minimum Gasteiger partial charge on any atom is -0.465 e. The fraction of sp³-hybridized carbons (Fsp3) is 0.0714. The van der Waals surface area contributed by atoms with E-state index in [1.807, 2.05) is 0 Å². The maximum atomic E-state index is 11.9. The van der Waals surface area contributed by atoms with Crippen molar-refractivity contribution in [2.45, 2.75) is 0 Å². The summed E-state index contributed by atoms with van der Waals surface area (Å²) >= 11 is 6.14. The SMILES string of the molecule is COC(=O)c1ccc(-c2cc(=O)n3[nH]ccc3n2)cc1.COC(=O)c1ccc(-c2cc(Cl)n3nccc3n2)cc1. The predicted octanol–water partition coefficient (Wildman–Crippen LogP) is 4.31. The average Bonchev–Trinajstić information content (AvgIpc) is 3.67. The third-order valence-electron chi connectivity index (χ3n) is 5.90. The molecular weight excluding hydrogens is 536 g/mol. The summed E-state index contributed by atoms with van der Waals surface area (Å²) in [4.78, 5) is 43.5. The standard InChI is InChI=1S/C14H10ClN3O2.C14H11N3O3/c1-20-14(19)10-4-2-9(3-5-10)11-8-12(15)18-13(17-11)6-7-16-18;1-20-14(19)10-4-2-9(3-5-10)11-8-13(18)17-12(16-11)6-7-15-17/h2-8H,1H3;2-8,15H,1H3. The first-order chi connectivity index (χ1) is 19.4. The van der Waals surface area contributed by atoms with E-state index in [9.17, 15) is 14.4 Å². The molecule has 0 atom stereocenters. The topological polar surface area (TPSA) is 133 Å². The first-order valence-corrected chi connectivity index (χ1v) is 12.2. The van der Waals surface area contributed by atoms with Crippen LogP contribution in [0.15, 0.2) is 90.0 Å². The fourth-order valence-corrected chi connectivity index (χ4v) is 4.12. The molecule has 0 aliphatic carbocycles. The van der Waals surface area contributed by atoms with Gasteiger partial charge in [0.1, 0.15) is 5.15 Å². The summed E-state index contributed by atoms with van der Waals surface area (Å²) in [6.45, 7) is 0. The van der Waals surface area contributed by atoms with Crippen LogP contribution in [0.2, 0.25) is 5.15 Å². The Morgan fingerprint density at radius 1 is 0.775 bits per heavy atom. The van der Waals surface area contributed by atoms with Crippen molar-refractivity contribution in [2.75, 3.05) is 14.2 Å². The largest absolute Gasteiger partial charge is 0.465 e. The number of aromatic amines is 1. The van der Waals surface area contributed by atoms with E-state index in [1.165, 1.54) is 24.8 Å². The van der Waals surface area contributed by atoms with E-state index in [2.05, 4.69) is 29.6 Å². The number of nitrogens with one attached hydrogen (secondary N) is 1. The number of rotatable bonds is 4. The molecule has 6 rings (SSSR count). The second-order valence-electron chi connectivity index (χ2n) is 8.34. The molecule has 0 fully saturated rings. The zero-order chi connectivity index (χ0) is 28.2. The van der Waals surface area contributed by atoms with Crippen molar-refractivity contribution in [1.82, 2.24) is 29.2 Å². The molecule has 0 saturated carbocycles.